The lowest BCUT2D eigenvalue weighted by atomic mass is 10.1. The lowest BCUT2D eigenvalue weighted by Crippen LogP contribution is -2.30. The van der Waals surface area contributed by atoms with E-state index in [0.717, 1.165) is 128 Å². The smallest absolute Gasteiger partial charge is 0.306 e. The normalized spacial score (nSPS) is 13.4. The lowest BCUT2D eigenvalue weighted by molar-refractivity contribution is -0.167. The van der Waals surface area contributed by atoms with Gasteiger partial charge >= 0.3 is 17.9 Å². The maximum absolute atomic E-state index is 12.9. The second-order valence-electron chi connectivity index (χ2n) is 19.1. The second-order valence-corrected chi connectivity index (χ2v) is 19.1. The van der Waals surface area contributed by atoms with E-state index < -0.39 is 6.10 Å². The summed E-state index contributed by atoms with van der Waals surface area (Å²) < 4.78 is 16.8. The van der Waals surface area contributed by atoms with Gasteiger partial charge in [-0.25, -0.2) is 0 Å². The summed E-state index contributed by atoms with van der Waals surface area (Å²) >= 11 is 0. The van der Waals surface area contributed by atoms with Crippen LogP contribution in [0.1, 0.15) is 233 Å². The standard InChI is InChI=1S/C70H108O6/c1-4-7-10-13-16-19-22-25-28-31-33-34-35-36-37-40-42-45-48-51-54-57-60-63-69(72)75-66-67(65-74-68(71)62-59-56-53-50-47-44-41-38-30-27-24-21-18-15-12-9-6-3)76-70(73)64-61-58-55-52-49-46-43-39-32-29-26-23-20-17-14-11-8-5-2/h7,9-10,12,16,18-21,23,25,27-30,32-34,36-37,41-42,44-45,50-51,53-54,67H,4-6,8,11,13-15,17,22,24,26,31,35,38-40,43,46-49,52,55-66H2,1-3H3/b10-7-,12-9-,19-16-,21-18-,23-20-,28-25-,30-27-,32-29-,34-33-,37-36-,44-41-,45-42-,53-50-,54-51-. The Balaban J connectivity index is 4.61. The van der Waals surface area contributed by atoms with Crippen molar-refractivity contribution in [2.75, 3.05) is 13.2 Å². The molecule has 6 nitrogen and oxygen atoms in total. The average molecular weight is 1050 g/mol. The Morgan fingerprint density at radius 2 is 0.526 bits per heavy atom. The summed E-state index contributed by atoms with van der Waals surface area (Å²) in [6.45, 7) is 6.28. The molecule has 0 saturated carbocycles. The summed E-state index contributed by atoms with van der Waals surface area (Å²) in [4.78, 5) is 38.2. The van der Waals surface area contributed by atoms with E-state index in [4.69, 9.17) is 14.2 Å². The molecule has 0 aromatic heterocycles. The van der Waals surface area contributed by atoms with Crippen LogP contribution < -0.4 is 0 Å². The fourth-order valence-corrected chi connectivity index (χ4v) is 7.50. The number of carbonyl (C=O) groups excluding carboxylic acids is 3. The summed E-state index contributed by atoms with van der Waals surface area (Å²) in [5, 5.41) is 0. The summed E-state index contributed by atoms with van der Waals surface area (Å²) in [7, 11) is 0. The highest BCUT2D eigenvalue weighted by Gasteiger charge is 2.19. The predicted molar refractivity (Wildman–Crippen MR) is 329 cm³/mol. The van der Waals surface area contributed by atoms with Crippen LogP contribution in [0.2, 0.25) is 0 Å². The molecule has 424 valence electrons. The third kappa shape index (κ3) is 59.6. The number of unbranched alkanes of at least 4 members (excludes halogenated alkanes) is 13. The van der Waals surface area contributed by atoms with E-state index in [1.165, 1.54) is 51.4 Å². The minimum Gasteiger partial charge on any atom is -0.462 e. The molecular weight excluding hydrogens is 937 g/mol. The molecule has 0 spiro atoms. The van der Waals surface area contributed by atoms with Crippen molar-refractivity contribution in [1.82, 2.24) is 0 Å². The number of ether oxygens (including phenoxy) is 3. The number of hydrogen-bond donors (Lipinski definition) is 0. The lowest BCUT2D eigenvalue weighted by Gasteiger charge is -2.18. The van der Waals surface area contributed by atoms with Crippen molar-refractivity contribution in [1.29, 1.82) is 0 Å². The highest BCUT2D eigenvalue weighted by atomic mass is 16.6. The second kappa shape index (κ2) is 62.3. The summed E-state index contributed by atoms with van der Waals surface area (Å²) in [6.07, 6.45) is 92.1. The molecule has 6 heteroatoms. The summed E-state index contributed by atoms with van der Waals surface area (Å²) in [5.74, 6) is -1.07. The molecule has 0 heterocycles. The molecule has 76 heavy (non-hydrogen) atoms. The number of rotatable bonds is 52. The van der Waals surface area contributed by atoms with Gasteiger partial charge in [-0.2, -0.15) is 0 Å². The molecule has 0 amide bonds. The Bertz CT molecular complexity index is 1770. The van der Waals surface area contributed by atoms with Crippen LogP contribution in [-0.2, 0) is 28.6 Å². The van der Waals surface area contributed by atoms with Gasteiger partial charge in [0, 0.05) is 19.3 Å². The quantitative estimate of drug-likeness (QED) is 0.0261. The van der Waals surface area contributed by atoms with E-state index in [9.17, 15) is 14.4 Å². The Hall–Kier alpha value is -5.23. The van der Waals surface area contributed by atoms with Gasteiger partial charge in [-0.3, -0.25) is 14.4 Å². The molecule has 0 rings (SSSR count). The first-order chi connectivity index (χ1) is 37.5. The molecule has 0 bridgehead atoms. The third-order valence-corrected chi connectivity index (χ3v) is 11.9. The fourth-order valence-electron chi connectivity index (χ4n) is 7.50. The Morgan fingerprint density at radius 1 is 0.276 bits per heavy atom. The molecule has 1 atom stereocenters. The molecule has 0 fully saturated rings. The van der Waals surface area contributed by atoms with Crippen molar-refractivity contribution in [3.63, 3.8) is 0 Å². The van der Waals surface area contributed by atoms with Crippen LogP contribution in [0.4, 0.5) is 0 Å². The van der Waals surface area contributed by atoms with Gasteiger partial charge in [-0.1, -0.05) is 242 Å². The van der Waals surface area contributed by atoms with Crippen molar-refractivity contribution < 1.29 is 28.6 Å². The van der Waals surface area contributed by atoms with Crippen LogP contribution in [0.3, 0.4) is 0 Å². The Labute approximate surface area is 466 Å². The largest absolute Gasteiger partial charge is 0.462 e. The van der Waals surface area contributed by atoms with E-state index >= 15 is 0 Å². The Morgan fingerprint density at radius 3 is 0.842 bits per heavy atom. The van der Waals surface area contributed by atoms with E-state index in [0.29, 0.717) is 12.8 Å². The van der Waals surface area contributed by atoms with Gasteiger partial charge in [-0.05, 0) is 141 Å². The maximum atomic E-state index is 12.9. The highest BCUT2D eigenvalue weighted by molar-refractivity contribution is 5.71. The van der Waals surface area contributed by atoms with Crippen LogP contribution in [0.5, 0.6) is 0 Å². The average Bonchev–Trinajstić information content (AvgIpc) is 3.42. The first-order valence-electron chi connectivity index (χ1n) is 30.1. The minimum atomic E-state index is -0.840. The number of esters is 3. The van der Waals surface area contributed by atoms with Gasteiger partial charge in [0.15, 0.2) is 6.10 Å². The molecule has 0 saturated heterocycles. The van der Waals surface area contributed by atoms with Crippen LogP contribution in [-0.4, -0.2) is 37.2 Å². The summed E-state index contributed by atoms with van der Waals surface area (Å²) in [5.41, 5.74) is 0. The summed E-state index contributed by atoms with van der Waals surface area (Å²) in [6, 6.07) is 0. The van der Waals surface area contributed by atoms with Gasteiger partial charge < -0.3 is 14.2 Å². The molecule has 0 aliphatic rings. The third-order valence-electron chi connectivity index (χ3n) is 11.9. The minimum absolute atomic E-state index is 0.137. The first kappa shape index (κ1) is 70.8. The van der Waals surface area contributed by atoms with Gasteiger partial charge in [-0.15, -0.1) is 0 Å². The van der Waals surface area contributed by atoms with Crippen LogP contribution in [0, 0.1) is 0 Å². The van der Waals surface area contributed by atoms with Gasteiger partial charge in [0.05, 0.1) is 0 Å². The monoisotopic (exact) mass is 1040 g/mol. The first-order valence-corrected chi connectivity index (χ1v) is 30.1. The molecule has 1 unspecified atom stereocenters. The van der Waals surface area contributed by atoms with Crippen LogP contribution in [0.15, 0.2) is 170 Å². The highest BCUT2D eigenvalue weighted by Crippen LogP contribution is 2.13. The van der Waals surface area contributed by atoms with Crippen molar-refractivity contribution in [2.45, 2.75) is 239 Å². The molecule has 0 aromatic rings. The topological polar surface area (TPSA) is 78.9 Å². The van der Waals surface area contributed by atoms with Crippen molar-refractivity contribution in [2.24, 2.45) is 0 Å². The molecular formula is C70H108O6. The fraction of sp³-hybridized carbons (Fsp3) is 0.557. The van der Waals surface area contributed by atoms with E-state index in [1.807, 2.05) is 0 Å². The van der Waals surface area contributed by atoms with Crippen molar-refractivity contribution in [3.05, 3.63) is 170 Å². The zero-order valence-electron chi connectivity index (χ0n) is 48.4. The van der Waals surface area contributed by atoms with E-state index in [1.54, 1.807) is 0 Å². The molecule has 0 radical (unpaired) electrons. The zero-order valence-corrected chi connectivity index (χ0v) is 48.4. The van der Waals surface area contributed by atoms with Crippen LogP contribution >= 0.6 is 0 Å². The van der Waals surface area contributed by atoms with Gasteiger partial charge in [0.25, 0.3) is 0 Å². The molecule has 0 aromatic carbocycles. The Kier molecular flexibility index (Phi) is 58.0. The van der Waals surface area contributed by atoms with Gasteiger partial charge in [0.1, 0.15) is 13.2 Å². The van der Waals surface area contributed by atoms with Crippen molar-refractivity contribution in [3.8, 4) is 0 Å². The number of hydrogen-bond acceptors (Lipinski definition) is 6. The van der Waals surface area contributed by atoms with E-state index in [2.05, 4.69) is 191 Å². The van der Waals surface area contributed by atoms with E-state index in [-0.39, 0.29) is 50.4 Å². The predicted octanol–water partition coefficient (Wildman–Crippen LogP) is 20.7. The van der Waals surface area contributed by atoms with Crippen molar-refractivity contribution >= 4 is 17.9 Å². The number of carbonyl (C=O) groups is 3. The van der Waals surface area contributed by atoms with Crippen LogP contribution in [0.25, 0.3) is 0 Å². The molecule has 0 N–H and O–H groups in total. The maximum Gasteiger partial charge on any atom is 0.306 e. The van der Waals surface area contributed by atoms with Gasteiger partial charge in [0.2, 0.25) is 0 Å². The molecule has 0 aliphatic heterocycles. The zero-order chi connectivity index (χ0) is 55.0. The SMILES string of the molecule is CC/C=C\C/C=C\C/C=C\C/C=C\C/C=C\C/C=C\C/C=C\CCCC(=O)OCC(COC(=O)CCC/C=C\C/C=C\C/C=C\C/C=C\C/C=C\CC)OC(=O)CCCCCCCCC/C=C\C/C=C\CCCCCC. The number of allylic oxidation sites excluding steroid dienone is 28. The molecule has 0 aliphatic carbocycles.